The first-order chi connectivity index (χ1) is 6.20. The number of nitrogens with two attached hydrogens (primary N) is 1. The maximum Gasteiger partial charge on any atom is 0.320 e. The largest absolute Gasteiger partial charge is 0.480 e. The maximum absolute atomic E-state index is 10.3. The van der Waals surface area contributed by atoms with Crippen LogP contribution >= 0.6 is 0 Å². The first kappa shape index (κ1) is 10.4. The molecule has 76 valence electrons. The minimum absolute atomic E-state index is 0.152. The predicted molar refractivity (Wildman–Crippen MR) is 45.2 cm³/mol. The maximum atomic E-state index is 10.3. The van der Waals surface area contributed by atoms with E-state index in [0.29, 0.717) is 19.6 Å². The van der Waals surface area contributed by atoms with Gasteiger partial charge < -0.3 is 20.3 Å². The lowest BCUT2D eigenvalue weighted by Crippen LogP contribution is -2.30. The Morgan fingerprint density at radius 1 is 1.54 bits per heavy atom. The second-order valence-corrected chi connectivity index (χ2v) is 3.05. The molecule has 0 spiro atoms. The Labute approximate surface area is 76.8 Å². The highest BCUT2D eigenvalue weighted by molar-refractivity contribution is 5.72. The van der Waals surface area contributed by atoms with Crippen LogP contribution in [0.15, 0.2) is 0 Å². The number of ether oxygens (including phenoxy) is 2. The van der Waals surface area contributed by atoms with Crippen LogP contribution in [-0.2, 0) is 14.3 Å². The topological polar surface area (TPSA) is 81.8 Å². The van der Waals surface area contributed by atoms with Crippen molar-refractivity contribution in [3.05, 3.63) is 0 Å². The molecule has 1 atom stereocenters. The van der Waals surface area contributed by atoms with Crippen molar-refractivity contribution in [1.29, 1.82) is 0 Å². The van der Waals surface area contributed by atoms with Gasteiger partial charge in [-0.1, -0.05) is 0 Å². The lowest BCUT2D eigenvalue weighted by atomic mass is 10.1. The third-order valence-electron chi connectivity index (χ3n) is 1.96. The van der Waals surface area contributed by atoms with E-state index in [1.54, 1.807) is 0 Å². The van der Waals surface area contributed by atoms with Gasteiger partial charge in [0.15, 0.2) is 6.29 Å². The van der Waals surface area contributed by atoms with Gasteiger partial charge in [-0.3, -0.25) is 4.79 Å². The summed E-state index contributed by atoms with van der Waals surface area (Å²) in [5.74, 6) is -0.951. The van der Waals surface area contributed by atoms with Gasteiger partial charge in [-0.05, 0) is 19.3 Å². The zero-order valence-electron chi connectivity index (χ0n) is 7.44. The van der Waals surface area contributed by atoms with Gasteiger partial charge in [-0.2, -0.15) is 0 Å². The summed E-state index contributed by atoms with van der Waals surface area (Å²) in [5, 5.41) is 8.49. The molecule has 0 unspecified atom stereocenters. The number of aliphatic carboxylic acids is 1. The molecule has 3 N–H and O–H groups in total. The molecule has 0 saturated carbocycles. The van der Waals surface area contributed by atoms with E-state index in [1.165, 1.54) is 0 Å². The number of carboxylic acid groups (broad SMARTS) is 1. The normalized spacial score (nSPS) is 20.4. The van der Waals surface area contributed by atoms with Gasteiger partial charge >= 0.3 is 5.97 Å². The van der Waals surface area contributed by atoms with E-state index >= 15 is 0 Å². The fourth-order valence-corrected chi connectivity index (χ4v) is 1.20. The SMILES string of the molecule is N[C@H](CCCC1OCCO1)C(=O)O. The van der Waals surface area contributed by atoms with Crippen LogP contribution in [0.25, 0.3) is 0 Å². The molecule has 0 aliphatic carbocycles. The summed E-state index contributed by atoms with van der Waals surface area (Å²) < 4.78 is 10.4. The Hall–Kier alpha value is -0.650. The predicted octanol–water partition coefficient (Wildman–Crippen LogP) is -0.0585. The summed E-state index contributed by atoms with van der Waals surface area (Å²) in [6.07, 6.45) is 1.76. The monoisotopic (exact) mass is 189 g/mol. The van der Waals surface area contributed by atoms with Crippen molar-refractivity contribution in [1.82, 2.24) is 0 Å². The third-order valence-corrected chi connectivity index (χ3v) is 1.96. The van der Waals surface area contributed by atoms with Crippen LogP contribution in [-0.4, -0.2) is 36.6 Å². The Kier molecular flexibility index (Phi) is 4.14. The number of rotatable bonds is 5. The Morgan fingerprint density at radius 2 is 2.15 bits per heavy atom. The molecule has 1 fully saturated rings. The Bertz CT molecular complexity index is 168. The van der Waals surface area contributed by atoms with Gasteiger partial charge in [0.05, 0.1) is 13.2 Å². The fraction of sp³-hybridized carbons (Fsp3) is 0.875. The van der Waals surface area contributed by atoms with E-state index in [-0.39, 0.29) is 6.29 Å². The molecule has 5 heteroatoms. The van der Waals surface area contributed by atoms with Crippen molar-refractivity contribution >= 4 is 5.97 Å². The molecule has 5 nitrogen and oxygen atoms in total. The zero-order chi connectivity index (χ0) is 9.68. The number of carbonyl (C=O) groups is 1. The molecule has 1 rings (SSSR count). The molecule has 0 aromatic heterocycles. The lowest BCUT2D eigenvalue weighted by Gasteiger charge is -2.09. The average molecular weight is 189 g/mol. The van der Waals surface area contributed by atoms with Crippen molar-refractivity contribution < 1.29 is 19.4 Å². The van der Waals surface area contributed by atoms with Crippen molar-refractivity contribution in [3.63, 3.8) is 0 Å². The number of hydrogen-bond donors (Lipinski definition) is 2. The van der Waals surface area contributed by atoms with Gasteiger partial charge in [0.25, 0.3) is 0 Å². The molecule has 0 amide bonds. The third kappa shape index (κ3) is 3.71. The number of hydrogen-bond acceptors (Lipinski definition) is 4. The summed E-state index contributed by atoms with van der Waals surface area (Å²) in [4.78, 5) is 10.3. The first-order valence-electron chi connectivity index (χ1n) is 4.41. The second kappa shape index (κ2) is 5.16. The summed E-state index contributed by atoms with van der Waals surface area (Å²) in [5.41, 5.74) is 5.32. The van der Waals surface area contributed by atoms with Crippen LogP contribution in [0.5, 0.6) is 0 Å². The van der Waals surface area contributed by atoms with Crippen molar-refractivity contribution in [2.75, 3.05) is 13.2 Å². The quantitative estimate of drug-likeness (QED) is 0.633. The van der Waals surface area contributed by atoms with E-state index < -0.39 is 12.0 Å². The van der Waals surface area contributed by atoms with E-state index in [0.717, 1.165) is 12.8 Å². The molecule has 1 heterocycles. The second-order valence-electron chi connectivity index (χ2n) is 3.05. The molecular weight excluding hydrogens is 174 g/mol. The Morgan fingerprint density at radius 3 is 2.69 bits per heavy atom. The van der Waals surface area contributed by atoms with Crippen molar-refractivity contribution in [2.24, 2.45) is 5.73 Å². The molecule has 1 aliphatic rings. The first-order valence-corrected chi connectivity index (χ1v) is 4.41. The van der Waals surface area contributed by atoms with E-state index in [2.05, 4.69) is 0 Å². The van der Waals surface area contributed by atoms with E-state index in [9.17, 15) is 4.79 Å². The smallest absolute Gasteiger partial charge is 0.320 e. The van der Waals surface area contributed by atoms with Crippen molar-refractivity contribution in [2.45, 2.75) is 31.6 Å². The van der Waals surface area contributed by atoms with Gasteiger partial charge in [0.1, 0.15) is 6.04 Å². The molecular formula is C8H15NO4. The van der Waals surface area contributed by atoms with Crippen LogP contribution in [0.2, 0.25) is 0 Å². The van der Waals surface area contributed by atoms with Crippen LogP contribution in [0, 0.1) is 0 Å². The zero-order valence-corrected chi connectivity index (χ0v) is 7.44. The minimum Gasteiger partial charge on any atom is -0.480 e. The molecule has 0 aromatic carbocycles. The minimum atomic E-state index is -0.951. The fourth-order valence-electron chi connectivity index (χ4n) is 1.20. The number of carboxylic acids is 1. The lowest BCUT2D eigenvalue weighted by molar-refractivity contribution is -0.138. The molecule has 1 saturated heterocycles. The highest BCUT2D eigenvalue weighted by Crippen LogP contribution is 2.12. The highest BCUT2D eigenvalue weighted by Gasteiger charge is 2.17. The van der Waals surface area contributed by atoms with Crippen LogP contribution in [0.3, 0.4) is 0 Å². The summed E-state index contributed by atoms with van der Waals surface area (Å²) in [6.45, 7) is 1.27. The molecule has 0 aromatic rings. The average Bonchev–Trinajstić information content (AvgIpc) is 2.56. The summed E-state index contributed by atoms with van der Waals surface area (Å²) in [6, 6.07) is -0.763. The van der Waals surface area contributed by atoms with E-state index in [1.807, 2.05) is 0 Å². The van der Waals surface area contributed by atoms with Crippen LogP contribution in [0.1, 0.15) is 19.3 Å². The molecule has 13 heavy (non-hydrogen) atoms. The van der Waals surface area contributed by atoms with Crippen LogP contribution in [0.4, 0.5) is 0 Å². The molecule has 1 aliphatic heterocycles. The summed E-state index contributed by atoms with van der Waals surface area (Å²) in [7, 11) is 0. The molecule has 0 radical (unpaired) electrons. The summed E-state index contributed by atoms with van der Waals surface area (Å²) >= 11 is 0. The molecule has 0 bridgehead atoms. The Balaban J connectivity index is 2.02. The van der Waals surface area contributed by atoms with Gasteiger partial charge in [0, 0.05) is 0 Å². The van der Waals surface area contributed by atoms with E-state index in [4.69, 9.17) is 20.3 Å². The standard InChI is InChI=1S/C8H15NO4/c9-6(8(10)11)2-1-3-7-12-4-5-13-7/h6-7H,1-5,9H2,(H,10,11)/t6-/m1/s1. The highest BCUT2D eigenvalue weighted by atomic mass is 16.7. The van der Waals surface area contributed by atoms with Gasteiger partial charge in [0.2, 0.25) is 0 Å². The van der Waals surface area contributed by atoms with Crippen LogP contribution < -0.4 is 5.73 Å². The van der Waals surface area contributed by atoms with Crippen molar-refractivity contribution in [3.8, 4) is 0 Å². The van der Waals surface area contributed by atoms with Gasteiger partial charge in [-0.25, -0.2) is 0 Å². The van der Waals surface area contributed by atoms with Gasteiger partial charge in [-0.15, -0.1) is 0 Å².